The van der Waals surface area contributed by atoms with Crippen LogP contribution in [0.4, 0.5) is 0 Å². The van der Waals surface area contributed by atoms with Gasteiger partial charge in [0.15, 0.2) is 0 Å². The lowest BCUT2D eigenvalue weighted by Crippen LogP contribution is -3.00. The molecule has 1 aliphatic heterocycles. The van der Waals surface area contributed by atoms with Crippen molar-refractivity contribution in [3.63, 3.8) is 0 Å². The van der Waals surface area contributed by atoms with E-state index in [1.165, 1.54) is 43.4 Å². The Balaban J connectivity index is 0.000000810. The molecular formula is C8H18FN. The van der Waals surface area contributed by atoms with Gasteiger partial charge in [0.25, 0.3) is 0 Å². The quantitative estimate of drug-likeness (QED) is 0.402. The van der Waals surface area contributed by atoms with Crippen molar-refractivity contribution in [2.75, 3.05) is 26.7 Å². The maximum atomic E-state index is 2.37. The topological polar surface area (TPSA) is 0 Å². The summed E-state index contributed by atoms with van der Waals surface area (Å²) >= 11 is 0. The zero-order valence-electron chi connectivity index (χ0n) is 7.07. The third kappa shape index (κ3) is 2.25. The highest BCUT2D eigenvalue weighted by Gasteiger charge is 2.21. The molecule has 10 heavy (non-hydrogen) atoms. The van der Waals surface area contributed by atoms with E-state index in [-0.39, 0.29) is 4.70 Å². The molecule has 0 unspecified atom stereocenters. The van der Waals surface area contributed by atoms with E-state index < -0.39 is 0 Å². The molecule has 1 rings (SSSR count). The van der Waals surface area contributed by atoms with Crippen LogP contribution in [-0.2, 0) is 0 Å². The molecule has 1 saturated heterocycles. The van der Waals surface area contributed by atoms with Gasteiger partial charge < -0.3 is 9.19 Å². The molecule has 0 radical (unpaired) electrons. The van der Waals surface area contributed by atoms with Gasteiger partial charge in [-0.25, -0.2) is 0 Å². The van der Waals surface area contributed by atoms with Crippen LogP contribution in [0.3, 0.4) is 0 Å². The lowest BCUT2D eigenvalue weighted by molar-refractivity contribution is -0.912. The van der Waals surface area contributed by atoms with Crippen LogP contribution in [-0.4, -0.2) is 31.2 Å². The number of nitrogens with zero attached hydrogens (tertiary/aromatic N) is 1. The second-order valence-electron chi connectivity index (χ2n) is 3.44. The van der Waals surface area contributed by atoms with Gasteiger partial charge in [-0.1, -0.05) is 0 Å². The van der Waals surface area contributed by atoms with Crippen molar-refractivity contribution >= 4 is 0 Å². The van der Waals surface area contributed by atoms with E-state index in [2.05, 4.69) is 14.0 Å². The van der Waals surface area contributed by atoms with Gasteiger partial charge in [0.1, 0.15) is 0 Å². The van der Waals surface area contributed by atoms with Crippen LogP contribution < -0.4 is 4.70 Å². The fourth-order valence-electron chi connectivity index (χ4n) is 1.59. The number of rotatable bonds is 1. The summed E-state index contributed by atoms with van der Waals surface area (Å²) in [6.45, 7) is 6.44. The van der Waals surface area contributed by atoms with Crippen molar-refractivity contribution in [3.8, 4) is 0 Å². The van der Waals surface area contributed by atoms with Crippen molar-refractivity contribution in [1.82, 2.24) is 0 Å². The molecule has 1 nitrogen and oxygen atoms in total. The normalized spacial score (nSPS) is 23.4. The number of halogens is 1. The van der Waals surface area contributed by atoms with Crippen LogP contribution >= 0.6 is 0 Å². The SMILES string of the molecule is CC[N+]1(C)CCCCC1.[F-]. The molecule has 0 saturated carbocycles. The highest BCUT2D eigenvalue weighted by atomic mass is 19.0. The smallest absolute Gasteiger partial charge is 0.0784 e. The van der Waals surface area contributed by atoms with Crippen LogP contribution in [0.2, 0.25) is 0 Å². The van der Waals surface area contributed by atoms with Gasteiger partial charge in [-0.15, -0.1) is 0 Å². The standard InChI is InChI=1S/C8H18N.FH/c1-3-9(2)7-5-4-6-8-9;/h3-8H2,1-2H3;1H/q+1;/p-1. The van der Waals surface area contributed by atoms with E-state index in [0.29, 0.717) is 0 Å². The van der Waals surface area contributed by atoms with Crippen LogP contribution in [0, 0.1) is 0 Å². The summed E-state index contributed by atoms with van der Waals surface area (Å²) in [6.07, 6.45) is 4.36. The van der Waals surface area contributed by atoms with E-state index in [1.54, 1.807) is 0 Å². The Morgan fingerprint density at radius 2 is 1.60 bits per heavy atom. The van der Waals surface area contributed by atoms with Crippen LogP contribution in [0.15, 0.2) is 0 Å². The largest absolute Gasteiger partial charge is 1.00 e. The molecule has 0 aliphatic carbocycles. The molecule has 1 aliphatic rings. The molecular weight excluding hydrogens is 129 g/mol. The number of quaternary nitrogens is 1. The molecule has 0 N–H and O–H groups in total. The van der Waals surface area contributed by atoms with Crippen molar-refractivity contribution < 1.29 is 9.19 Å². The van der Waals surface area contributed by atoms with E-state index in [9.17, 15) is 0 Å². The molecule has 1 heterocycles. The summed E-state index contributed by atoms with van der Waals surface area (Å²) in [5.74, 6) is 0. The molecule has 0 bridgehead atoms. The molecule has 0 amide bonds. The van der Waals surface area contributed by atoms with E-state index in [4.69, 9.17) is 0 Å². The second-order valence-corrected chi connectivity index (χ2v) is 3.44. The van der Waals surface area contributed by atoms with Crippen LogP contribution in [0.5, 0.6) is 0 Å². The Morgan fingerprint density at radius 3 is 1.90 bits per heavy atom. The first-order chi connectivity index (χ1) is 4.27. The molecule has 0 spiro atoms. The first kappa shape index (κ1) is 9.89. The van der Waals surface area contributed by atoms with Gasteiger partial charge in [0.2, 0.25) is 0 Å². The third-order valence-electron chi connectivity index (χ3n) is 2.66. The highest BCUT2D eigenvalue weighted by molar-refractivity contribution is 4.49. The summed E-state index contributed by atoms with van der Waals surface area (Å²) in [4.78, 5) is 0. The van der Waals surface area contributed by atoms with Gasteiger partial charge in [-0.3, -0.25) is 0 Å². The molecule has 2 heteroatoms. The summed E-state index contributed by atoms with van der Waals surface area (Å²) < 4.78 is 1.32. The van der Waals surface area contributed by atoms with Crippen molar-refractivity contribution in [1.29, 1.82) is 0 Å². The predicted octanol–water partition coefficient (Wildman–Crippen LogP) is -1.36. The van der Waals surface area contributed by atoms with Gasteiger partial charge in [0, 0.05) is 0 Å². The average molecular weight is 147 g/mol. The Bertz CT molecular complexity index is 87.3. The van der Waals surface area contributed by atoms with E-state index >= 15 is 0 Å². The lowest BCUT2D eigenvalue weighted by atomic mass is 10.1. The van der Waals surface area contributed by atoms with Gasteiger partial charge >= 0.3 is 0 Å². The Labute approximate surface area is 63.0 Å². The lowest BCUT2D eigenvalue weighted by Gasteiger charge is -2.36. The second kappa shape index (κ2) is 3.91. The Hall–Kier alpha value is -0.110. The van der Waals surface area contributed by atoms with Crippen LogP contribution in [0.1, 0.15) is 26.2 Å². The van der Waals surface area contributed by atoms with Crippen molar-refractivity contribution in [2.24, 2.45) is 0 Å². The van der Waals surface area contributed by atoms with E-state index in [0.717, 1.165) is 0 Å². The number of piperidine rings is 1. The maximum Gasteiger partial charge on any atom is 0.0784 e. The first-order valence-corrected chi connectivity index (χ1v) is 4.10. The average Bonchev–Trinajstić information content (AvgIpc) is 1.90. The minimum atomic E-state index is 0. The Morgan fingerprint density at radius 1 is 1.10 bits per heavy atom. The molecule has 1 fully saturated rings. The zero-order chi connectivity index (χ0) is 6.74. The van der Waals surface area contributed by atoms with Crippen molar-refractivity contribution in [3.05, 3.63) is 0 Å². The number of likely N-dealkylation sites (tertiary alicyclic amines) is 1. The fourth-order valence-corrected chi connectivity index (χ4v) is 1.59. The molecule has 0 aromatic rings. The fraction of sp³-hybridized carbons (Fsp3) is 1.00. The summed E-state index contributed by atoms with van der Waals surface area (Å²) in [6, 6.07) is 0. The summed E-state index contributed by atoms with van der Waals surface area (Å²) in [5.41, 5.74) is 0. The molecule has 0 aromatic heterocycles. The zero-order valence-corrected chi connectivity index (χ0v) is 7.07. The first-order valence-electron chi connectivity index (χ1n) is 4.10. The van der Waals surface area contributed by atoms with Crippen molar-refractivity contribution in [2.45, 2.75) is 26.2 Å². The Kier molecular flexibility index (Phi) is 3.87. The minimum Gasteiger partial charge on any atom is -1.00 e. The van der Waals surface area contributed by atoms with Crippen LogP contribution in [0.25, 0.3) is 0 Å². The predicted molar refractivity (Wildman–Crippen MR) is 40.3 cm³/mol. The third-order valence-corrected chi connectivity index (χ3v) is 2.66. The monoisotopic (exact) mass is 147 g/mol. The summed E-state index contributed by atoms with van der Waals surface area (Å²) in [5, 5.41) is 0. The van der Waals surface area contributed by atoms with Gasteiger partial charge in [0.05, 0.1) is 26.7 Å². The highest BCUT2D eigenvalue weighted by Crippen LogP contribution is 2.14. The molecule has 0 atom stereocenters. The minimum absolute atomic E-state index is 0. The number of hydrogen-bond acceptors (Lipinski definition) is 0. The maximum absolute atomic E-state index is 2.37. The summed E-state index contributed by atoms with van der Waals surface area (Å²) in [7, 11) is 2.37. The molecule has 62 valence electrons. The van der Waals surface area contributed by atoms with Gasteiger partial charge in [-0.05, 0) is 26.2 Å². The number of hydrogen-bond donors (Lipinski definition) is 0. The van der Waals surface area contributed by atoms with E-state index in [1.807, 2.05) is 0 Å². The molecule has 0 aromatic carbocycles. The van der Waals surface area contributed by atoms with Gasteiger partial charge in [-0.2, -0.15) is 0 Å².